The molecule has 0 unspecified atom stereocenters. The van der Waals surface area contributed by atoms with Crippen molar-refractivity contribution in [2.75, 3.05) is 10.8 Å². The molecule has 7 nitrogen and oxygen atoms in total. The number of hydrogen-bond acceptors (Lipinski definition) is 4. The lowest BCUT2D eigenvalue weighted by Gasteiger charge is -2.32. The zero-order chi connectivity index (χ0) is 28.0. The van der Waals surface area contributed by atoms with Crippen molar-refractivity contribution in [3.8, 4) is 0 Å². The van der Waals surface area contributed by atoms with Crippen LogP contribution in [-0.2, 0) is 26.2 Å². The van der Waals surface area contributed by atoms with Gasteiger partial charge in [-0.2, -0.15) is 0 Å². The Hall–Kier alpha value is -3.36. The molecule has 0 spiro atoms. The fourth-order valence-electron chi connectivity index (χ4n) is 4.73. The summed E-state index contributed by atoms with van der Waals surface area (Å²) in [7, 11) is -4.11. The maximum Gasteiger partial charge on any atom is 0.264 e. The van der Waals surface area contributed by atoms with Crippen LogP contribution in [0.3, 0.4) is 0 Å². The van der Waals surface area contributed by atoms with Gasteiger partial charge in [0.1, 0.15) is 12.6 Å². The van der Waals surface area contributed by atoms with E-state index in [1.807, 2.05) is 37.3 Å². The largest absolute Gasteiger partial charge is 0.352 e. The van der Waals surface area contributed by atoms with E-state index in [-0.39, 0.29) is 23.4 Å². The van der Waals surface area contributed by atoms with E-state index in [9.17, 15) is 18.0 Å². The zero-order valence-corrected chi connectivity index (χ0v) is 23.8. The Morgan fingerprint density at radius 1 is 0.949 bits per heavy atom. The quantitative estimate of drug-likeness (QED) is 0.359. The minimum atomic E-state index is -4.11. The minimum absolute atomic E-state index is 0.0671. The molecule has 1 fully saturated rings. The molecule has 1 saturated carbocycles. The second-order valence-corrected chi connectivity index (χ2v) is 12.3. The third-order valence-electron chi connectivity index (χ3n) is 7.07. The van der Waals surface area contributed by atoms with E-state index in [2.05, 4.69) is 5.32 Å². The van der Waals surface area contributed by atoms with Gasteiger partial charge in [-0.1, -0.05) is 72.5 Å². The molecule has 0 saturated heterocycles. The van der Waals surface area contributed by atoms with Crippen LogP contribution in [0.1, 0.15) is 43.7 Å². The van der Waals surface area contributed by atoms with Gasteiger partial charge in [0, 0.05) is 17.6 Å². The van der Waals surface area contributed by atoms with Gasteiger partial charge < -0.3 is 10.2 Å². The lowest BCUT2D eigenvalue weighted by molar-refractivity contribution is -0.139. The van der Waals surface area contributed by atoms with E-state index >= 15 is 0 Å². The molecule has 0 radical (unpaired) electrons. The molecule has 39 heavy (non-hydrogen) atoms. The van der Waals surface area contributed by atoms with E-state index in [1.165, 1.54) is 17.0 Å². The number of sulfonamides is 1. The monoisotopic (exact) mass is 567 g/mol. The van der Waals surface area contributed by atoms with Crippen molar-refractivity contribution in [1.82, 2.24) is 10.2 Å². The van der Waals surface area contributed by atoms with E-state index in [0.29, 0.717) is 10.7 Å². The fraction of sp³-hybridized carbons (Fsp3) is 0.333. The number of rotatable bonds is 10. The van der Waals surface area contributed by atoms with Crippen molar-refractivity contribution < 1.29 is 18.0 Å². The van der Waals surface area contributed by atoms with E-state index in [1.54, 1.807) is 43.3 Å². The smallest absolute Gasteiger partial charge is 0.264 e. The number of nitrogens with one attached hydrogen (secondary N) is 1. The van der Waals surface area contributed by atoms with Crippen LogP contribution in [0.4, 0.5) is 5.69 Å². The van der Waals surface area contributed by atoms with Crippen molar-refractivity contribution >= 4 is 39.1 Å². The first-order chi connectivity index (χ1) is 18.6. The first-order valence-corrected chi connectivity index (χ1v) is 15.0. The molecule has 1 atom stereocenters. The number of benzene rings is 3. The molecule has 3 aromatic rings. The highest BCUT2D eigenvalue weighted by Gasteiger charge is 2.33. The number of halogens is 1. The second-order valence-electron chi connectivity index (χ2n) is 9.97. The summed E-state index contributed by atoms with van der Waals surface area (Å²) in [5.41, 5.74) is 2.06. The average Bonchev–Trinajstić information content (AvgIpc) is 3.44. The highest BCUT2D eigenvalue weighted by molar-refractivity contribution is 7.92. The van der Waals surface area contributed by atoms with Gasteiger partial charge in [0.2, 0.25) is 11.8 Å². The SMILES string of the molecule is Cc1ccc(S(=O)(=O)N(CC(=O)N(Cc2ccccc2)[C@H](C)C(=O)NC2CCCC2)c2ccc(Cl)cc2)cc1. The summed E-state index contributed by atoms with van der Waals surface area (Å²) in [5.74, 6) is -0.732. The molecule has 4 rings (SSSR count). The van der Waals surface area contributed by atoms with Crippen LogP contribution >= 0.6 is 11.6 Å². The summed E-state index contributed by atoms with van der Waals surface area (Å²) < 4.78 is 28.7. The molecule has 1 aliphatic carbocycles. The van der Waals surface area contributed by atoms with Gasteiger partial charge in [-0.15, -0.1) is 0 Å². The van der Waals surface area contributed by atoms with E-state index in [4.69, 9.17) is 11.6 Å². The number of hydrogen-bond donors (Lipinski definition) is 1. The molecule has 1 N–H and O–H groups in total. The summed E-state index contributed by atoms with van der Waals surface area (Å²) in [4.78, 5) is 28.7. The fourth-order valence-corrected chi connectivity index (χ4v) is 6.27. The van der Waals surface area contributed by atoms with Crippen LogP contribution in [-0.4, -0.2) is 43.8 Å². The number of carbonyl (C=O) groups excluding carboxylic acids is 2. The average molecular weight is 568 g/mol. The summed E-state index contributed by atoms with van der Waals surface area (Å²) in [5, 5.41) is 3.52. The third-order valence-corrected chi connectivity index (χ3v) is 9.11. The van der Waals surface area contributed by atoms with Crippen molar-refractivity contribution in [3.05, 3.63) is 95.0 Å². The van der Waals surface area contributed by atoms with Crippen LogP contribution in [0.2, 0.25) is 5.02 Å². The van der Waals surface area contributed by atoms with Gasteiger partial charge in [0.05, 0.1) is 10.6 Å². The summed E-state index contributed by atoms with van der Waals surface area (Å²) in [6.07, 6.45) is 3.98. The Kier molecular flexibility index (Phi) is 9.30. The number of nitrogens with zero attached hydrogens (tertiary/aromatic N) is 2. The first kappa shape index (κ1) is 28.6. The Bertz CT molecular complexity index is 1370. The van der Waals surface area contributed by atoms with Crippen LogP contribution in [0, 0.1) is 6.92 Å². The lowest BCUT2D eigenvalue weighted by Crippen LogP contribution is -2.52. The summed E-state index contributed by atoms with van der Waals surface area (Å²) >= 11 is 6.07. The highest BCUT2D eigenvalue weighted by Crippen LogP contribution is 2.26. The van der Waals surface area contributed by atoms with Gasteiger partial charge in [0.15, 0.2) is 0 Å². The molecule has 0 heterocycles. The van der Waals surface area contributed by atoms with Crippen molar-refractivity contribution in [1.29, 1.82) is 0 Å². The van der Waals surface area contributed by atoms with Crippen LogP contribution in [0.5, 0.6) is 0 Å². The Labute approximate surface area is 235 Å². The molecule has 9 heteroatoms. The van der Waals surface area contributed by atoms with E-state index in [0.717, 1.165) is 41.1 Å². The Balaban J connectivity index is 1.66. The maximum atomic E-state index is 13.9. The molecule has 0 bridgehead atoms. The van der Waals surface area contributed by atoms with Crippen molar-refractivity contribution in [3.63, 3.8) is 0 Å². The van der Waals surface area contributed by atoms with Gasteiger partial charge in [-0.3, -0.25) is 13.9 Å². The Morgan fingerprint density at radius 2 is 1.56 bits per heavy atom. The van der Waals surface area contributed by atoms with Crippen LogP contribution < -0.4 is 9.62 Å². The molecule has 0 aliphatic heterocycles. The van der Waals surface area contributed by atoms with Crippen LogP contribution in [0.25, 0.3) is 0 Å². The molecule has 2 amide bonds. The van der Waals surface area contributed by atoms with Gasteiger partial charge in [0.25, 0.3) is 10.0 Å². The van der Waals surface area contributed by atoms with Crippen molar-refractivity contribution in [2.24, 2.45) is 0 Å². The zero-order valence-electron chi connectivity index (χ0n) is 22.2. The highest BCUT2D eigenvalue weighted by atomic mass is 35.5. The molecular weight excluding hydrogens is 534 g/mol. The lowest BCUT2D eigenvalue weighted by atomic mass is 10.1. The third kappa shape index (κ3) is 7.19. The normalized spacial score (nSPS) is 14.5. The van der Waals surface area contributed by atoms with Crippen LogP contribution in [0.15, 0.2) is 83.8 Å². The number of aryl methyl sites for hydroxylation is 1. The molecular formula is C30H34ClN3O4S. The summed E-state index contributed by atoms with van der Waals surface area (Å²) in [6.45, 7) is 3.24. The standard InChI is InChI=1S/C30H34ClN3O4S/c1-22-12-18-28(19-13-22)39(37,38)34(27-16-14-25(31)15-17-27)21-29(35)33(20-24-8-4-3-5-9-24)23(2)30(36)32-26-10-6-7-11-26/h3-5,8-9,12-19,23,26H,6-7,10-11,20-21H2,1-2H3,(H,32,36)/t23-/m1/s1. The summed E-state index contributed by atoms with van der Waals surface area (Å²) in [6, 6.07) is 21.4. The topological polar surface area (TPSA) is 86.8 Å². The van der Waals surface area contributed by atoms with E-state index < -0.39 is 28.5 Å². The molecule has 0 aromatic heterocycles. The molecule has 206 valence electrons. The first-order valence-electron chi connectivity index (χ1n) is 13.1. The molecule has 1 aliphatic rings. The van der Waals surface area contributed by atoms with Gasteiger partial charge in [-0.05, 0) is 68.7 Å². The second kappa shape index (κ2) is 12.7. The predicted octanol–water partition coefficient (Wildman–Crippen LogP) is 5.32. The molecule has 3 aromatic carbocycles. The minimum Gasteiger partial charge on any atom is -0.352 e. The van der Waals surface area contributed by atoms with Gasteiger partial charge >= 0.3 is 0 Å². The van der Waals surface area contributed by atoms with Crippen molar-refractivity contribution in [2.45, 2.75) is 63.1 Å². The van der Waals surface area contributed by atoms with Gasteiger partial charge in [-0.25, -0.2) is 8.42 Å². The number of carbonyl (C=O) groups is 2. The number of amides is 2. The Morgan fingerprint density at radius 3 is 2.18 bits per heavy atom. The predicted molar refractivity (Wildman–Crippen MR) is 154 cm³/mol. The number of anilines is 1. The maximum absolute atomic E-state index is 13.9.